The maximum Gasteiger partial charge on any atom is 0.325 e. The molecule has 0 bridgehead atoms. The number of amides is 4. The van der Waals surface area contributed by atoms with E-state index in [0.717, 1.165) is 4.90 Å². The van der Waals surface area contributed by atoms with Crippen LogP contribution in [-0.2, 0) is 15.1 Å². The highest BCUT2D eigenvalue weighted by molar-refractivity contribution is 6.30. The van der Waals surface area contributed by atoms with Crippen LogP contribution in [0.15, 0.2) is 42.5 Å². The molecule has 1 fully saturated rings. The van der Waals surface area contributed by atoms with Crippen LogP contribution < -0.4 is 20.1 Å². The van der Waals surface area contributed by atoms with Gasteiger partial charge in [-0.15, -0.1) is 0 Å². The van der Waals surface area contributed by atoms with E-state index in [2.05, 4.69) is 10.6 Å². The second-order valence-corrected chi connectivity index (χ2v) is 7.30. The summed E-state index contributed by atoms with van der Waals surface area (Å²) in [6, 6.07) is 10.9. The molecule has 2 aliphatic rings. The van der Waals surface area contributed by atoms with Crippen molar-refractivity contribution >= 4 is 35.1 Å². The van der Waals surface area contributed by atoms with E-state index >= 15 is 0 Å². The van der Waals surface area contributed by atoms with E-state index in [0.29, 0.717) is 41.0 Å². The molecule has 2 aromatic carbocycles. The molecule has 2 aromatic rings. The summed E-state index contributed by atoms with van der Waals surface area (Å²) in [5, 5.41) is 5.85. The molecule has 29 heavy (non-hydrogen) atoms. The van der Waals surface area contributed by atoms with Gasteiger partial charge in [0.05, 0.1) is 0 Å². The van der Waals surface area contributed by atoms with Crippen LogP contribution in [0.4, 0.5) is 10.5 Å². The van der Waals surface area contributed by atoms with Crippen molar-refractivity contribution in [2.75, 3.05) is 25.1 Å². The van der Waals surface area contributed by atoms with Crippen LogP contribution in [0.1, 0.15) is 12.5 Å². The molecule has 150 valence electrons. The number of ether oxygens (including phenoxy) is 2. The van der Waals surface area contributed by atoms with E-state index in [9.17, 15) is 14.4 Å². The first-order valence-electron chi connectivity index (χ1n) is 8.96. The van der Waals surface area contributed by atoms with Gasteiger partial charge in [-0.1, -0.05) is 17.7 Å². The third-order valence-corrected chi connectivity index (χ3v) is 5.08. The lowest BCUT2D eigenvalue weighted by Crippen LogP contribution is -2.42. The summed E-state index contributed by atoms with van der Waals surface area (Å²) < 4.78 is 11.1. The molecule has 1 unspecified atom stereocenters. The maximum absolute atomic E-state index is 13.0. The Bertz CT molecular complexity index is 994. The second-order valence-electron chi connectivity index (χ2n) is 6.86. The minimum absolute atomic E-state index is 0.407. The Morgan fingerprint density at radius 1 is 1.14 bits per heavy atom. The van der Waals surface area contributed by atoms with Crippen molar-refractivity contribution in [2.45, 2.75) is 12.5 Å². The Morgan fingerprint density at radius 2 is 1.83 bits per heavy atom. The zero-order chi connectivity index (χ0) is 20.6. The molecule has 1 atom stereocenters. The van der Waals surface area contributed by atoms with Gasteiger partial charge in [0.25, 0.3) is 5.91 Å². The van der Waals surface area contributed by atoms with Gasteiger partial charge >= 0.3 is 6.03 Å². The van der Waals surface area contributed by atoms with Gasteiger partial charge in [0.1, 0.15) is 25.3 Å². The predicted molar refractivity (Wildman–Crippen MR) is 105 cm³/mol. The van der Waals surface area contributed by atoms with E-state index in [4.69, 9.17) is 21.1 Å². The Hall–Kier alpha value is -3.26. The fourth-order valence-electron chi connectivity index (χ4n) is 3.27. The van der Waals surface area contributed by atoms with Gasteiger partial charge in [0.2, 0.25) is 5.91 Å². The van der Waals surface area contributed by atoms with Crippen LogP contribution >= 0.6 is 11.6 Å². The van der Waals surface area contributed by atoms with Crippen molar-refractivity contribution in [1.82, 2.24) is 10.2 Å². The topological polar surface area (TPSA) is 97.0 Å². The lowest BCUT2D eigenvalue weighted by atomic mass is 9.91. The van der Waals surface area contributed by atoms with Crippen LogP contribution in [0.5, 0.6) is 11.5 Å². The van der Waals surface area contributed by atoms with Crippen molar-refractivity contribution in [3.05, 3.63) is 53.1 Å². The molecule has 2 aliphatic heterocycles. The molecular formula is C20H18ClN3O5. The van der Waals surface area contributed by atoms with Gasteiger partial charge in [-0.2, -0.15) is 0 Å². The standard InChI is InChI=1S/C20H18ClN3O5/c1-20(12-2-7-15-16(10-12)29-9-8-28-15)18(26)24(19(27)23-20)11-17(25)22-14-5-3-13(21)4-6-14/h2-7,10H,8-9,11H2,1H3,(H,22,25)(H,23,27). The van der Waals surface area contributed by atoms with Crippen molar-refractivity contribution in [3.63, 3.8) is 0 Å². The van der Waals surface area contributed by atoms with E-state index in [1.165, 1.54) is 0 Å². The highest BCUT2D eigenvalue weighted by atomic mass is 35.5. The normalized spacial score (nSPS) is 20.4. The van der Waals surface area contributed by atoms with Crippen molar-refractivity contribution < 1.29 is 23.9 Å². The van der Waals surface area contributed by atoms with Crippen LogP contribution in [0.3, 0.4) is 0 Å². The van der Waals surface area contributed by atoms with Gasteiger partial charge in [0, 0.05) is 10.7 Å². The molecule has 0 saturated carbocycles. The first kappa shape index (κ1) is 19.1. The van der Waals surface area contributed by atoms with Gasteiger partial charge in [-0.05, 0) is 48.9 Å². The molecule has 9 heteroatoms. The highest BCUT2D eigenvalue weighted by Crippen LogP contribution is 2.36. The number of benzene rings is 2. The summed E-state index contributed by atoms with van der Waals surface area (Å²) in [5.74, 6) is 0.0724. The molecule has 8 nitrogen and oxygen atoms in total. The maximum atomic E-state index is 13.0. The molecule has 0 aliphatic carbocycles. The zero-order valence-electron chi connectivity index (χ0n) is 15.5. The van der Waals surface area contributed by atoms with Crippen molar-refractivity contribution in [3.8, 4) is 11.5 Å². The SMILES string of the molecule is CC1(c2ccc3c(c2)OCCO3)NC(=O)N(CC(=O)Nc2ccc(Cl)cc2)C1=O. The van der Waals surface area contributed by atoms with Crippen molar-refractivity contribution in [1.29, 1.82) is 0 Å². The molecule has 2 N–H and O–H groups in total. The number of carbonyl (C=O) groups is 3. The minimum Gasteiger partial charge on any atom is -0.486 e. The smallest absolute Gasteiger partial charge is 0.325 e. The number of imide groups is 1. The van der Waals surface area contributed by atoms with E-state index in [1.54, 1.807) is 49.4 Å². The number of hydrogen-bond donors (Lipinski definition) is 2. The Morgan fingerprint density at radius 3 is 2.55 bits per heavy atom. The van der Waals surface area contributed by atoms with E-state index in [-0.39, 0.29) is 0 Å². The van der Waals surface area contributed by atoms with E-state index in [1.807, 2.05) is 0 Å². The molecule has 4 amide bonds. The Kier molecular flexibility index (Phi) is 4.79. The molecule has 0 spiro atoms. The summed E-state index contributed by atoms with van der Waals surface area (Å²) in [5.41, 5.74) is -0.255. The van der Waals surface area contributed by atoms with Crippen LogP contribution in [0.2, 0.25) is 5.02 Å². The van der Waals surface area contributed by atoms with Crippen LogP contribution in [0, 0.1) is 0 Å². The quantitative estimate of drug-likeness (QED) is 0.748. The van der Waals surface area contributed by atoms with Gasteiger partial charge in [0.15, 0.2) is 11.5 Å². The number of rotatable bonds is 4. The third-order valence-electron chi connectivity index (χ3n) is 4.82. The molecule has 0 radical (unpaired) electrons. The number of nitrogens with zero attached hydrogens (tertiary/aromatic N) is 1. The van der Waals surface area contributed by atoms with Crippen LogP contribution in [-0.4, -0.2) is 42.5 Å². The summed E-state index contributed by atoms with van der Waals surface area (Å²) in [4.78, 5) is 38.7. The minimum atomic E-state index is -1.31. The monoisotopic (exact) mass is 415 g/mol. The fraction of sp³-hybridized carbons (Fsp3) is 0.250. The number of carbonyl (C=O) groups excluding carboxylic acids is 3. The number of nitrogens with one attached hydrogen (secondary N) is 2. The Labute approximate surface area is 171 Å². The lowest BCUT2D eigenvalue weighted by molar-refractivity contribution is -0.133. The predicted octanol–water partition coefficient (Wildman–Crippen LogP) is 2.52. The largest absolute Gasteiger partial charge is 0.486 e. The fourth-order valence-corrected chi connectivity index (χ4v) is 3.39. The first-order chi connectivity index (χ1) is 13.9. The molecular weight excluding hydrogens is 398 g/mol. The van der Waals surface area contributed by atoms with E-state index < -0.39 is 29.9 Å². The number of halogens is 1. The molecule has 1 saturated heterocycles. The van der Waals surface area contributed by atoms with Crippen LogP contribution in [0.25, 0.3) is 0 Å². The van der Waals surface area contributed by atoms with Gasteiger partial charge < -0.3 is 20.1 Å². The number of fused-ring (bicyclic) bond motifs is 1. The molecule has 4 rings (SSSR count). The van der Waals surface area contributed by atoms with Crippen molar-refractivity contribution in [2.24, 2.45) is 0 Å². The number of anilines is 1. The summed E-state index contributed by atoms with van der Waals surface area (Å²) in [6.07, 6.45) is 0. The summed E-state index contributed by atoms with van der Waals surface area (Å²) in [7, 11) is 0. The zero-order valence-corrected chi connectivity index (χ0v) is 16.3. The number of urea groups is 1. The first-order valence-corrected chi connectivity index (χ1v) is 9.34. The van der Waals surface area contributed by atoms with Gasteiger partial charge in [-0.25, -0.2) is 4.79 Å². The highest BCUT2D eigenvalue weighted by Gasteiger charge is 2.49. The Balaban J connectivity index is 1.50. The second kappa shape index (κ2) is 7.29. The molecule has 2 heterocycles. The average Bonchev–Trinajstić information content (AvgIpc) is 2.93. The lowest BCUT2D eigenvalue weighted by Gasteiger charge is -2.25. The third kappa shape index (κ3) is 3.58. The number of hydrogen-bond acceptors (Lipinski definition) is 5. The van der Waals surface area contributed by atoms with Gasteiger partial charge in [-0.3, -0.25) is 14.5 Å². The average molecular weight is 416 g/mol. The molecule has 0 aromatic heterocycles. The summed E-state index contributed by atoms with van der Waals surface area (Å²) >= 11 is 5.82. The summed E-state index contributed by atoms with van der Waals surface area (Å²) in [6.45, 7) is 2.05.